The molecule has 0 unspecified atom stereocenters. The first-order chi connectivity index (χ1) is 4.83. The van der Waals surface area contributed by atoms with Gasteiger partial charge in [0.2, 0.25) is 5.91 Å². The van der Waals surface area contributed by atoms with Crippen LogP contribution in [0.5, 0.6) is 0 Å². The molecule has 1 aliphatic carbocycles. The first-order valence-corrected chi connectivity index (χ1v) is 3.70. The van der Waals surface area contributed by atoms with Crippen LogP contribution >= 0.6 is 0 Å². The SMILES string of the molecule is CCOCC(=O)NC1CC1. The van der Waals surface area contributed by atoms with Crippen LogP contribution in [0.15, 0.2) is 0 Å². The Morgan fingerprint density at radius 1 is 1.70 bits per heavy atom. The highest BCUT2D eigenvalue weighted by Gasteiger charge is 2.22. The van der Waals surface area contributed by atoms with E-state index in [0.717, 1.165) is 12.8 Å². The monoisotopic (exact) mass is 143 g/mol. The van der Waals surface area contributed by atoms with Crippen molar-refractivity contribution in [1.29, 1.82) is 0 Å². The number of nitrogens with one attached hydrogen (secondary N) is 1. The summed E-state index contributed by atoms with van der Waals surface area (Å²) < 4.78 is 4.91. The molecular weight excluding hydrogens is 130 g/mol. The predicted octanol–water partition coefficient (Wildman–Crippen LogP) is 0.301. The van der Waals surface area contributed by atoms with Crippen LogP contribution in [-0.4, -0.2) is 25.2 Å². The van der Waals surface area contributed by atoms with E-state index in [4.69, 9.17) is 4.74 Å². The minimum Gasteiger partial charge on any atom is -0.372 e. The van der Waals surface area contributed by atoms with E-state index in [2.05, 4.69) is 5.32 Å². The van der Waals surface area contributed by atoms with Crippen molar-refractivity contribution >= 4 is 5.91 Å². The average Bonchev–Trinajstić information content (AvgIpc) is 2.67. The zero-order valence-corrected chi connectivity index (χ0v) is 6.22. The molecule has 0 aromatic rings. The van der Waals surface area contributed by atoms with Crippen LogP contribution in [0, 0.1) is 0 Å². The summed E-state index contributed by atoms with van der Waals surface area (Å²) in [6, 6.07) is 0.452. The van der Waals surface area contributed by atoms with Crippen molar-refractivity contribution < 1.29 is 9.53 Å². The van der Waals surface area contributed by atoms with Gasteiger partial charge in [0, 0.05) is 12.6 Å². The zero-order valence-electron chi connectivity index (χ0n) is 6.22. The van der Waals surface area contributed by atoms with E-state index in [1.165, 1.54) is 0 Å². The van der Waals surface area contributed by atoms with Gasteiger partial charge in [0.1, 0.15) is 6.61 Å². The number of amides is 1. The maximum Gasteiger partial charge on any atom is 0.246 e. The number of hydrogen-bond donors (Lipinski definition) is 1. The fourth-order valence-electron chi connectivity index (χ4n) is 0.692. The average molecular weight is 143 g/mol. The molecule has 1 aliphatic rings. The van der Waals surface area contributed by atoms with E-state index in [9.17, 15) is 4.79 Å². The third-order valence-corrected chi connectivity index (χ3v) is 1.38. The Morgan fingerprint density at radius 2 is 2.40 bits per heavy atom. The molecule has 0 saturated heterocycles. The molecule has 1 rings (SSSR count). The molecule has 3 nitrogen and oxygen atoms in total. The summed E-state index contributed by atoms with van der Waals surface area (Å²) in [5.74, 6) is 0.0179. The van der Waals surface area contributed by atoms with Gasteiger partial charge in [0.25, 0.3) is 0 Å². The molecule has 0 atom stereocenters. The predicted molar refractivity (Wildman–Crippen MR) is 37.7 cm³/mol. The Hall–Kier alpha value is -0.570. The number of carbonyl (C=O) groups is 1. The maximum atomic E-state index is 10.8. The molecule has 1 N–H and O–H groups in total. The molecule has 0 radical (unpaired) electrons. The molecule has 0 aliphatic heterocycles. The molecule has 0 heterocycles. The van der Waals surface area contributed by atoms with E-state index >= 15 is 0 Å². The largest absolute Gasteiger partial charge is 0.372 e. The standard InChI is InChI=1S/C7H13NO2/c1-2-10-5-7(9)8-6-3-4-6/h6H,2-5H2,1H3,(H,8,9). The van der Waals surface area contributed by atoms with Gasteiger partial charge in [0.15, 0.2) is 0 Å². The minimum atomic E-state index is 0.0179. The lowest BCUT2D eigenvalue weighted by Crippen LogP contribution is -2.29. The van der Waals surface area contributed by atoms with Crippen LogP contribution in [0.4, 0.5) is 0 Å². The number of rotatable bonds is 4. The first kappa shape index (κ1) is 7.54. The van der Waals surface area contributed by atoms with Crippen LogP contribution in [0.25, 0.3) is 0 Å². The maximum absolute atomic E-state index is 10.8. The van der Waals surface area contributed by atoms with Gasteiger partial charge in [-0.15, -0.1) is 0 Å². The second kappa shape index (κ2) is 3.56. The highest BCUT2D eigenvalue weighted by molar-refractivity contribution is 5.77. The van der Waals surface area contributed by atoms with E-state index in [1.807, 2.05) is 6.92 Å². The topological polar surface area (TPSA) is 38.3 Å². The lowest BCUT2D eigenvalue weighted by atomic mass is 10.6. The lowest BCUT2D eigenvalue weighted by Gasteiger charge is -2.01. The summed E-state index contributed by atoms with van der Waals surface area (Å²) >= 11 is 0. The molecule has 0 aromatic heterocycles. The second-order valence-corrected chi connectivity index (χ2v) is 2.48. The number of hydrogen-bond acceptors (Lipinski definition) is 2. The minimum absolute atomic E-state index is 0.0179. The van der Waals surface area contributed by atoms with Gasteiger partial charge in [-0.25, -0.2) is 0 Å². The van der Waals surface area contributed by atoms with Crippen molar-refractivity contribution in [2.45, 2.75) is 25.8 Å². The quantitative estimate of drug-likeness (QED) is 0.614. The molecule has 0 aromatic carbocycles. The Kier molecular flexibility index (Phi) is 2.68. The fraction of sp³-hybridized carbons (Fsp3) is 0.857. The molecule has 58 valence electrons. The van der Waals surface area contributed by atoms with E-state index in [-0.39, 0.29) is 12.5 Å². The summed E-state index contributed by atoms with van der Waals surface area (Å²) in [4.78, 5) is 10.8. The summed E-state index contributed by atoms with van der Waals surface area (Å²) in [5, 5.41) is 2.82. The van der Waals surface area contributed by atoms with E-state index in [0.29, 0.717) is 12.6 Å². The number of carbonyl (C=O) groups excluding carboxylic acids is 1. The van der Waals surface area contributed by atoms with Crippen LogP contribution in [0.1, 0.15) is 19.8 Å². The second-order valence-electron chi connectivity index (χ2n) is 2.48. The molecule has 10 heavy (non-hydrogen) atoms. The third kappa shape index (κ3) is 2.82. The molecule has 1 fully saturated rings. The normalized spacial score (nSPS) is 16.9. The van der Waals surface area contributed by atoms with Gasteiger partial charge in [-0.05, 0) is 19.8 Å². The van der Waals surface area contributed by atoms with Crippen molar-refractivity contribution in [2.24, 2.45) is 0 Å². The third-order valence-electron chi connectivity index (χ3n) is 1.38. The smallest absolute Gasteiger partial charge is 0.246 e. The van der Waals surface area contributed by atoms with Crippen molar-refractivity contribution in [3.05, 3.63) is 0 Å². The first-order valence-electron chi connectivity index (χ1n) is 3.70. The summed E-state index contributed by atoms with van der Waals surface area (Å²) in [6.45, 7) is 2.70. The van der Waals surface area contributed by atoms with Crippen molar-refractivity contribution in [3.63, 3.8) is 0 Å². The molecule has 1 amide bonds. The van der Waals surface area contributed by atoms with Gasteiger partial charge in [-0.3, -0.25) is 4.79 Å². The summed E-state index contributed by atoms with van der Waals surface area (Å²) in [5.41, 5.74) is 0. The van der Waals surface area contributed by atoms with Gasteiger partial charge in [-0.1, -0.05) is 0 Å². The van der Waals surface area contributed by atoms with Crippen LogP contribution in [0.2, 0.25) is 0 Å². The lowest BCUT2D eigenvalue weighted by molar-refractivity contribution is -0.125. The number of ether oxygens (including phenoxy) is 1. The Bertz CT molecular complexity index is 121. The van der Waals surface area contributed by atoms with Crippen molar-refractivity contribution in [1.82, 2.24) is 5.32 Å². The molecule has 1 saturated carbocycles. The van der Waals surface area contributed by atoms with E-state index in [1.54, 1.807) is 0 Å². The highest BCUT2D eigenvalue weighted by atomic mass is 16.5. The summed E-state index contributed by atoms with van der Waals surface area (Å²) in [6.07, 6.45) is 2.27. The molecule has 0 spiro atoms. The van der Waals surface area contributed by atoms with Gasteiger partial charge >= 0.3 is 0 Å². The van der Waals surface area contributed by atoms with Gasteiger partial charge in [0.05, 0.1) is 0 Å². The van der Waals surface area contributed by atoms with Crippen LogP contribution in [0.3, 0.4) is 0 Å². The van der Waals surface area contributed by atoms with Gasteiger partial charge in [-0.2, -0.15) is 0 Å². The van der Waals surface area contributed by atoms with Gasteiger partial charge < -0.3 is 10.1 Å². The van der Waals surface area contributed by atoms with E-state index < -0.39 is 0 Å². The molecule has 0 bridgehead atoms. The summed E-state index contributed by atoms with van der Waals surface area (Å²) in [7, 11) is 0. The fourth-order valence-corrected chi connectivity index (χ4v) is 0.692. The van der Waals surface area contributed by atoms with Crippen LogP contribution in [-0.2, 0) is 9.53 Å². The Balaban J connectivity index is 1.97. The molecular formula is C7H13NO2. The highest BCUT2D eigenvalue weighted by Crippen LogP contribution is 2.18. The Morgan fingerprint density at radius 3 is 2.90 bits per heavy atom. The zero-order chi connectivity index (χ0) is 7.40. The van der Waals surface area contributed by atoms with Crippen molar-refractivity contribution in [2.75, 3.05) is 13.2 Å². The van der Waals surface area contributed by atoms with Crippen molar-refractivity contribution in [3.8, 4) is 0 Å². The Labute approximate surface area is 60.7 Å². The molecule has 3 heteroatoms. The van der Waals surface area contributed by atoms with Crippen LogP contribution < -0.4 is 5.32 Å².